The molecule has 3 aromatic rings. The summed E-state index contributed by atoms with van der Waals surface area (Å²) in [6.07, 6.45) is 0.130. The molecule has 5 nitrogen and oxygen atoms in total. The smallest absolute Gasteiger partial charge is 0.252 e. The van der Waals surface area contributed by atoms with E-state index in [2.05, 4.69) is 15.6 Å². The molecule has 28 heavy (non-hydrogen) atoms. The van der Waals surface area contributed by atoms with Gasteiger partial charge in [0.05, 0.1) is 16.3 Å². The van der Waals surface area contributed by atoms with Crippen molar-refractivity contribution in [3.8, 4) is 11.3 Å². The fraction of sp³-hybridized carbons (Fsp3) is 0.150. The molecule has 0 saturated heterocycles. The Morgan fingerprint density at radius 1 is 1.07 bits per heavy atom. The molecular weight excluding hydrogens is 417 g/mol. The van der Waals surface area contributed by atoms with Gasteiger partial charge in [-0.2, -0.15) is 0 Å². The van der Waals surface area contributed by atoms with Gasteiger partial charge in [0.15, 0.2) is 5.13 Å². The van der Waals surface area contributed by atoms with Crippen LogP contribution >= 0.6 is 34.5 Å². The molecule has 0 bridgehead atoms. The molecule has 0 atom stereocenters. The van der Waals surface area contributed by atoms with E-state index in [1.54, 1.807) is 36.4 Å². The maximum absolute atomic E-state index is 12.2. The van der Waals surface area contributed by atoms with Gasteiger partial charge < -0.3 is 10.6 Å². The molecule has 2 N–H and O–H groups in total. The van der Waals surface area contributed by atoms with Crippen LogP contribution in [0.4, 0.5) is 5.13 Å². The van der Waals surface area contributed by atoms with Crippen LogP contribution in [0, 0.1) is 6.92 Å². The molecule has 0 saturated carbocycles. The lowest BCUT2D eigenvalue weighted by atomic mass is 10.1. The van der Waals surface area contributed by atoms with Crippen LogP contribution in [-0.2, 0) is 4.79 Å². The van der Waals surface area contributed by atoms with E-state index in [4.69, 9.17) is 23.2 Å². The first-order valence-corrected chi connectivity index (χ1v) is 10.1. The highest BCUT2D eigenvalue weighted by Gasteiger charge is 2.13. The van der Waals surface area contributed by atoms with Crippen molar-refractivity contribution in [1.29, 1.82) is 0 Å². The first-order chi connectivity index (χ1) is 13.4. The van der Waals surface area contributed by atoms with Gasteiger partial charge in [0.2, 0.25) is 5.91 Å². The van der Waals surface area contributed by atoms with E-state index in [0.717, 1.165) is 16.1 Å². The topological polar surface area (TPSA) is 71.1 Å². The fourth-order valence-corrected chi connectivity index (χ4v) is 3.74. The third-order valence-electron chi connectivity index (χ3n) is 3.92. The first-order valence-electron chi connectivity index (χ1n) is 8.50. The largest absolute Gasteiger partial charge is 0.351 e. The Hall–Kier alpha value is -2.41. The summed E-state index contributed by atoms with van der Waals surface area (Å²) in [4.78, 5) is 29.7. The van der Waals surface area contributed by atoms with Crippen LogP contribution in [0.1, 0.15) is 21.7 Å². The number of anilines is 1. The Labute approximate surface area is 176 Å². The van der Waals surface area contributed by atoms with Gasteiger partial charge in [-0.15, -0.1) is 11.3 Å². The number of aryl methyl sites for hydroxylation is 1. The van der Waals surface area contributed by atoms with Crippen molar-refractivity contribution in [2.24, 2.45) is 0 Å². The Balaban J connectivity index is 1.54. The SMILES string of the molecule is Cc1sc(NC(=O)CCNC(=O)c2ccccc2Cl)nc1-c1ccc(Cl)cc1. The Morgan fingerprint density at radius 3 is 2.50 bits per heavy atom. The van der Waals surface area contributed by atoms with Crippen LogP contribution in [0.25, 0.3) is 11.3 Å². The maximum Gasteiger partial charge on any atom is 0.252 e. The molecule has 0 aliphatic heterocycles. The van der Waals surface area contributed by atoms with E-state index >= 15 is 0 Å². The minimum atomic E-state index is -0.312. The number of nitrogens with one attached hydrogen (secondary N) is 2. The van der Waals surface area contributed by atoms with Crippen LogP contribution in [0.2, 0.25) is 10.0 Å². The van der Waals surface area contributed by atoms with Gasteiger partial charge in [0.1, 0.15) is 0 Å². The lowest BCUT2D eigenvalue weighted by molar-refractivity contribution is -0.116. The quantitative estimate of drug-likeness (QED) is 0.561. The molecule has 1 heterocycles. The summed E-state index contributed by atoms with van der Waals surface area (Å²) in [5.41, 5.74) is 2.13. The molecule has 8 heteroatoms. The molecule has 0 aliphatic rings. The van der Waals surface area contributed by atoms with E-state index in [9.17, 15) is 9.59 Å². The molecule has 2 amide bonds. The minimum absolute atomic E-state index is 0.130. The van der Waals surface area contributed by atoms with Crippen LogP contribution in [0.5, 0.6) is 0 Å². The number of amides is 2. The van der Waals surface area contributed by atoms with Crippen molar-refractivity contribution in [3.63, 3.8) is 0 Å². The van der Waals surface area contributed by atoms with Gasteiger partial charge in [-0.05, 0) is 31.2 Å². The van der Waals surface area contributed by atoms with E-state index in [1.807, 2.05) is 19.1 Å². The number of halogens is 2. The molecule has 1 aromatic heterocycles. The summed E-state index contributed by atoms with van der Waals surface area (Å²) in [5, 5.41) is 7.01. The second-order valence-electron chi connectivity index (χ2n) is 5.96. The number of aromatic nitrogens is 1. The lowest BCUT2D eigenvalue weighted by Gasteiger charge is -2.06. The van der Waals surface area contributed by atoms with Crippen LogP contribution in [-0.4, -0.2) is 23.3 Å². The zero-order valence-electron chi connectivity index (χ0n) is 15.0. The van der Waals surface area contributed by atoms with Crippen LogP contribution in [0.15, 0.2) is 48.5 Å². The number of rotatable bonds is 6. The Bertz CT molecular complexity index is 1000. The zero-order chi connectivity index (χ0) is 20.1. The summed E-state index contributed by atoms with van der Waals surface area (Å²) >= 11 is 13.3. The highest BCUT2D eigenvalue weighted by molar-refractivity contribution is 7.16. The number of carbonyl (C=O) groups is 2. The molecule has 144 valence electrons. The van der Waals surface area contributed by atoms with Gasteiger partial charge in [0, 0.05) is 28.4 Å². The zero-order valence-corrected chi connectivity index (χ0v) is 17.3. The predicted octanol–water partition coefficient (Wildman–Crippen LogP) is 5.18. The standard InChI is InChI=1S/C20H17Cl2N3O2S/c1-12-18(13-6-8-14(21)9-7-13)25-20(28-12)24-17(26)10-11-23-19(27)15-4-2-3-5-16(15)22/h2-9H,10-11H2,1H3,(H,23,27)(H,24,25,26). The van der Waals surface area contributed by atoms with Crippen molar-refractivity contribution in [3.05, 3.63) is 69.0 Å². The normalized spacial score (nSPS) is 10.5. The second-order valence-corrected chi connectivity index (χ2v) is 8.01. The van der Waals surface area contributed by atoms with Crippen molar-refractivity contribution < 1.29 is 9.59 Å². The molecular formula is C20H17Cl2N3O2S. The van der Waals surface area contributed by atoms with Gasteiger partial charge in [0.25, 0.3) is 5.91 Å². The second kappa shape index (κ2) is 9.19. The Kier molecular flexibility index (Phi) is 6.67. The maximum atomic E-state index is 12.2. The van der Waals surface area contributed by atoms with Crippen LogP contribution < -0.4 is 10.6 Å². The molecule has 0 aliphatic carbocycles. The third kappa shape index (κ3) is 5.10. The predicted molar refractivity (Wildman–Crippen MR) is 114 cm³/mol. The molecule has 3 rings (SSSR count). The average Bonchev–Trinajstić information content (AvgIpc) is 3.02. The molecule has 0 fully saturated rings. The van der Waals surface area contributed by atoms with Crippen LogP contribution in [0.3, 0.4) is 0 Å². The van der Waals surface area contributed by atoms with E-state index in [0.29, 0.717) is 20.7 Å². The van der Waals surface area contributed by atoms with Crippen molar-refractivity contribution in [2.75, 3.05) is 11.9 Å². The number of hydrogen-bond donors (Lipinski definition) is 2. The number of hydrogen-bond acceptors (Lipinski definition) is 4. The first kappa shape index (κ1) is 20.3. The fourth-order valence-electron chi connectivity index (χ4n) is 2.54. The van der Waals surface area contributed by atoms with Crippen molar-refractivity contribution in [1.82, 2.24) is 10.3 Å². The molecule has 0 unspecified atom stereocenters. The summed E-state index contributed by atoms with van der Waals surface area (Å²) in [5.74, 6) is -0.538. The minimum Gasteiger partial charge on any atom is -0.351 e. The highest BCUT2D eigenvalue weighted by atomic mass is 35.5. The van der Waals surface area contributed by atoms with Gasteiger partial charge >= 0.3 is 0 Å². The summed E-state index contributed by atoms with van der Waals surface area (Å²) in [7, 11) is 0. The van der Waals surface area contributed by atoms with Gasteiger partial charge in [-0.1, -0.05) is 47.5 Å². The molecule has 2 aromatic carbocycles. The number of nitrogens with zero attached hydrogens (tertiary/aromatic N) is 1. The monoisotopic (exact) mass is 433 g/mol. The molecule has 0 spiro atoms. The highest BCUT2D eigenvalue weighted by Crippen LogP contribution is 2.31. The molecule has 0 radical (unpaired) electrons. The average molecular weight is 434 g/mol. The van der Waals surface area contributed by atoms with Gasteiger partial charge in [-0.3, -0.25) is 9.59 Å². The van der Waals surface area contributed by atoms with E-state index in [1.165, 1.54) is 11.3 Å². The van der Waals surface area contributed by atoms with Crippen molar-refractivity contribution >= 4 is 51.5 Å². The van der Waals surface area contributed by atoms with E-state index in [-0.39, 0.29) is 24.8 Å². The lowest BCUT2D eigenvalue weighted by Crippen LogP contribution is -2.27. The number of thiazole rings is 1. The number of benzene rings is 2. The summed E-state index contributed by atoms with van der Waals surface area (Å²) in [6.45, 7) is 2.14. The third-order valence-corrected chi connectivity index (χ3v) is 5.38. The Morgan fingerprint density at radius 2 is 1.79 bits per heavy atom. The van der Waals surface area contributed by atoms with E-state index < -0.39 is 0 Å². The summed E-state index contributed by atoms with van der Waals surface area (Å²) < 4.78 is 0. The van der Waals surface area contributed by atoms with Gasteiger partial charge in [-0.25, -0.2) is 4.98 Å². The number of carbonyl (C=O) groups excluding carboxylic acids is 2. The summed E-state index contributed by atoms with van der Waals surface area (Å²) in [6, 6.07) is 14.1. The van der Waals surface area contributed by atoms with Crippen molar-refractivity contribution in [2.45, 2.75) is 13.3 Å².